The van der Waals surface area contributed by atoms with Crippen molar-refractivity contribution < 1.29 is 17.4 Å². The first kappa shape index (κ1) is 18.6. The number of nitrogens with one attached hydrogen (secondary N) is 1. The molecule has 0 bridgehead atoms. The maximum Gasteiger partial charge on any atom is 0.317 e. The lowest BCUT2D eigenvalue weighted by Gasteiger charge is -2.23. The van der Waals surface area contributed by atoms with E-state index in [4.69, 9.17) is 4.18 Å². The second-order valence-corrected chi connectivity index (χ2v) is 7.88. The van der Waals surface area contributed by atoms with Crippen LogP contribution in [0.25, 0.3) is 0 Å². The van der Waals surface area contributed by atoms with Crippen molar-refractivity contribution in [3.05, 3.63) is 29.8 Å². The van der Waals surface area contributed by atoms with Crippen LogP contribution >= 0.6 is 0 Å². The van der Waals surface area contributed by atoms with Crippen LogP contribution in [0.4, 0.5) is 4.79 Å². The van der Waals surface area contributed by atoms with Crippen LogP contribution in [0.2, 0.25) is 0 Å². The summed E-state index contributed by atoms with van der Waals surface area (Å²) in [5.41, 5.74) is 0.953. The number of benzene rings is 1. The number of hydrogen-bond donors (Lipinski definition) is 1. The van der Waals surface area contributed by atoms with E-state index in [0.29, 0.717) is 24.9 Å². The first-order valence-electron chi connectivity index (χ1n) is 8.50. The van der Waals surface area contributed by atoms with E-state index in [-0.39, 0.29) is 11.8 Å². The number of urea groups is 1. The Morgan fingerprint density at radius 2 is 1.92 bits per heavy atom. The van der Waals surface area contributed by atoms with E-state index in [1.807, 2.05) is 4.90 Å². The van der Waals surface area contributed by atoms with Crippen LogP contribution in [0.3, 0.4) is 0 Å². The molecule has 0 aliphatic heterocycles. The molecule has 1 saturated carbocycles. The number of amides is 2. The molecule has 0 unspecified atom stereocenters. The molecule has 1 aromatic carbocycles. The number of rotatable bonds is 9. The molecule has 0 spiro atoms. The van der Waals surface area contributed by atoms with E-state index in [0.717, 1.165) is 31.2 Å². The molecule has 1 aliphatic carbocycles. The summed E-state index contributed by atoms with van der Waals surface area (Å²) < 4.78 is 27.9. The first-order valence-corrected chi connectivity index (χ1v) is 10.1. The number of carbonyl (C=O) groups is 1. The van der Waals surface area contributed by atoms with Gasteiger partial charge in [-0.15, -0.1) is 0 Å². The second kappa shape index (κ2) is 8.37. The van der Waals surface area contributed by atoms with Crippen LogP contribution in [0.15, 0.2) is 24.3 Å². The highest BCUT2D eigenvalue weighted by atomic mass is 32.2. The Labute approximate surface area is 144 Å². The molecule has 7 heteroatoms. The molecule has 1 aliphatic rings. The van der Waals surface area contributed by atoms with Crippen molar-refractivity contribution >= 4 is 16.1 Å². The van der Waals surface area contributed by atoms with E-state index in [1.54, 1.807) is 24.3 Å². The average molecular weight is 354 g/mol. The van der Waals surface area contributed by atoms with Gasteiger partial charge in [0.2, 0.25) is 0 Å². The van der Waals surface area contributed by atoms with Crippen molar-refractivity contribution in [2.75, 3.05) is 12.3 Å². The Morgan fingerprint density at radius 3 is 2.46 bits per heavy atom. The largest absolute Gasteiger partial charge is 0.382 e. The van der Waals surface area contributed by atoms with Crippen molar-refractivity contribution in [1.82, 2.24) is 10.2 Å². The molecule has 0 radical (unpaired) electrons. The molecule has 0 heterocycles. The summed E-state index contributed by atoms with van der Waals surface area (Å²) in [6.45, 7) is 4.84. The van der Waals surface area contributed by atoms with Crippen molar-refractivity contribution in [2.24, 2.45) is 0 Å². The summed E-state index contributed by atoms with van der Waals surface area (Å²) in [5, 5.41) is 2.96. The average Bonchev–Trinajstić information content (AvgIpc) is 3.39. The lowest BCUT2D eigenvalue weighted by molar-refractivity contribution is 0.192. The Bertz CT molecular complexity index is 639. The molecular formula is C17H26N2O4S. The van der Waals surface area contributed by atoms with Gasteiger partial charge < -0.3 is 14.4 Å². The predicted octanol–water partition coefficient (Wildman–Crippen LogP) is 2.89. The van der Waals surface area contributed by atoms with Crippen molar-refractivity contribution in [3.63, 3.8) is 0 Å². The van der Waals surface area contributed by atoms with Gasteiger partial charge in [-0.05, 0) is 43.9 Å². The van der Waals surface area contributed by atoms with Gasteiger partial charge in [-0.25, -0.2) is 4.79 Å². The number of carbonyl (C=O) groups excluding carboxylic acids is 1. The van der Waals surface area contributed by atoms with E-state index in [2.05, 4.69) is 12.2 Å². The SMILES string of the molecule is CCCCNC(=O)N(Cc1ccc(OS(=O)(=O)CC)cc1)C1CC1. The van der Waals surface area contributed by atoms with Gasteiger partial charge in [0.1, 0.15) is 5.75 Å². The molecule has 1 aromatic rings. The number of nitrogens with zero attached hydrogens (tertiary/aromatic N) is 1. The van der Waals surface area contributed by atoms with Crippen molar-refractivity contribution in [2.45, 2.75) is 52.1 Å². The standard InChI is InChI=1S/C17H26N2O4S/c1-3-5-12-18-17(20)19(15-8-9-15)13-14-6-10-16(11-7-14)23-24(21,22)4-2/h6-7,10-11,15H,3-5,8-9,12-13H2,1-2H3,(H,18,20). The van der Waals surface area contributed by atoms with Gasteiger partial charge >= 0.3 is 16.1 Å². The number of hydrogen-bond acceptors (Lipinski definition) is 4. The van der Waals surface area contributed by atoms with Gasteiger partial charge in [-0.2, -0.15) is 8.42 Å². The Morgan fingerprint density at radius 1 is 1.25 bits per heavy atom. The monoisotopic (exact) mass is 354 g/mol. The maximum absolute atomic E-state index is 12.3. The van der Waals surface area contributed by atoms with Gasteiger partial charge in [-0.1, -0.05) is 25.5 Å². The van der Waals surface area contributed by atoms with E-state index < -0.39 is 10.1 Å². The molecule has 2 amide bonds. The zero-order valence-electron chi connectivity index (χ0n) is 14.3. The van der Waals surface area contributed by atoms with Crippen LogP contribution in [-0.2, 0) is 16.7 Å². The minimum absolute atomic E-state index is 0.0279. The third kappa shape index (κ3) is 5.70. The normalized spacial score (nSPS) is 14.2. The lowest BCUT2D eigenvalue weighted by atomic mass is 10.2. The van der Waals surface area contributed by atoms with E-state index in [9.17, 15) is 13.2 Å². The molecule has 0 aromatic heterocycles. The highest BCUT2D eigenvalue weighted by molar-refractivity contribution is 7.87. The Hall–Kier alpha value is -1.76. The highest BCUT2D eigenvalue weighted by Gasteiger charge is 2.32. The molecule has 0 atom stereocenters. The second-order valence-electron chi connectivity index (χ2n) is 6.02. The zero-order valence-corrected chi connectivity index (χ0v) is 15.1. The summed E-state index contributed by atoms with van der Waals surface area (Å²) in [5.74, 6) is 0.230. The summed E-state index contributed by atoms with van der Waals surface area (Å²) in [7, 11) is -3.51. The van der Waals surface area contributed by atoms with Gasteiger partial charge in [-0.3, -0.25) is 0 Å². The predicted molar refractivity (Wildman–Crippen MR) is 93.4 cm³/mol. The van der Waals surface area contributed by atoms with Gasteiger partial charge in [0.15, 0.2) is 0 Å². The minimum Gasteiger partial charge on any atom is -0.382 e. The third-order valence-electron chi connectivity index (χ3n) is 3.91. The minimum atomic E-state index is -3.51. The zero-order chi connectivity index (χ0) is 17.6. The topological polar surface area (TPSA) is 75.7 Å². The maximum atomic E-state index is 12.3. The van der Waals surface area contributed by atoms with Crippen LogP contribution in [0.1, 0.15) is 45.1 Å². The molecule has 2 rings (SSSR count). The summed E-state index contributed by atoms with van der Waals surface area (Å²) in [6, 6.07) is 7.14. The van der Waals surface area contributed by atoms with Gasteiger partial charge in [0.05, 0.1) is 5.75 Å². The van der Waals surface area contributed by atoms with Gasteiger partial charge in [0.25, 0.3) is 0 Å². The molecule has 24 heavy (non-hydrogen) atoms. The quantitative estimate of drug-likeness (QED) is 0.546. The molecule has 0 saturated heterocycles. The van der Waals surface area contributed by atoms with Crippen LogP contribution in [-0.4, -0.2) is 37.7 Å². The smallest absolute Gasteiger partial charge is 0.317 e. The summed E-state index contributed by atoms with van der Waals surface area (Å²) in [6.07, 6.45) is 4.10. The van der Waals surface area contributed by atoms with Crippen LogP contribution < -0.4 is 9.50 Å². The summed E-state index contributed by atoms with van der Waals surface area (Å²) in [4.78, 5) is 14.2. The van der Waals surface area contributed by atoms with Crippen LogP contribution in [0.5, 0.6) is 5.75 Å². The van der Waals surface area contributed by atoms with Crippen molar-refractivity contribution in [3.8, 4) is 5.75 Å². The van der Waals surface area contributed by atoms with Crippen molar-refractivity contribution in [1.29, 1.82) is 0 Å². The van der Waals surface area contributed by atoms with Gasteiger partial charge in [0, 0.05) is 19.1 Å². The first-order chi connectivity index (χ1) is 11.4. The van der Waals surface area contributed by atoms with Crippen LogP contribution in [0, 0.1) is 0 Å². The molecule has 1 fully saturated rings. The fraction of sp³-hybridized carbons (Fsp3) is 0.588. The Balaban J connectivity index is 1.96. The fourth-order valence-corrected chi connectivity index (χ4v) is 2.80. The highest BCUT2D eigenvalue weighted by Crippen LogP contribution is 2.28. The summed E-state index contributed by atoms with van der Waals surface area (Å²) >= 11 is 0. The molecule has 134 valence electrons. The molecule has 1 N–H and O–H groups in total. The lowest BCUT2D eigenvalue weighted by Crippen LogP contribution is -2.41. The molecule has 6 nitrogen and oxygen atoms in total. The third-order valence-corrected chi connectivity index (χ3v) is 5.06. The molecular weight excluding hydrogens is 328 g/mol. The fourth-order valence-electron chi connectivity index (χ4n) is 2.28. The van der Waals surface area contributed by atoms with E-state index >= 15 is 0 Å². The van der Waals surface area contributed by atoms with E-state index in [1.165, 1.54) is 6.92 Å². The Kier molecular flexibility index (Phi) is 6.48. The number of unbranched alkanes of at least 4 members (excludes halogenated alkanes) is 1.